The van der Waals surface area contributed by atoms with Crippen LogP contribution in [0.4, 0.5) is 23.7 Å². The molecule has 0 fully saturated rings. The highest BCUT2D eigenvalue weighted by atomic mass is 32.1. The third kappa shape index (κ3) is 6.71. The number of rotatable bonds is 9. The monoisotopic (exact) mass is 487 g/mol. The van der Waals surface area contributed by atoms with Gasteiger partial charge < -0.3 is 15.1 Å². The number of urea groups is 1. The smallest absolute Gasteiger partial charge is 0.322 e. The number of benzene rings is 2. The molecule has 0 aliphatic carbocycles. The van der Waals surface area contributed by atoms with E-state index in [1.807, 2.05) is 18.4 Å². The quantitative estimate of drug-likeness (QED) is 0.393. The van der Waals surface area contributed by atoms with Gasteiger partial charge in [0.15, 0.2) is 0 Å². The second-order valence-electron chi connectivity index (χ2n) is 7.63. The second kappa shape index (κ2) is 11.5. The molecule has 0 atom stereocenters. The molecule has 0 aliphatic heterocycles. The Balaban J connectivity index is 1.77. The minimum absolute atomic E-state index is 0.0306. The Morgan fingerprint density at radius 1 is 1.00 bits per heavy atom. The molecule has 1 aromatic heterocycles. The van der Waals surface area contributed by atoms with Crippen molar-refractivity contribution >= 4 is 29.0 Å². The molecule has 0 aliphatic rings. The Kier molecular flexibility index (Phi) is 8.48. The van der Waals surface area contributed by atoms with Crippen LogP contribution in [-0.4, -0.2) is 34.8 Å². The van der Waals surface area contributed by atoms with Crippen LogP contribution in [0.25, 0.3) is 0 Å². The number of carbonyl (C=O) groups is 2. The van der Waals surface area contributed by atoms with Crippen molar-refractivity contribution in [2.75, 3.05) is 18.4 Å². The number of hydrogen-bond acceptors (Lipinski definition) is 3. The van der Waals surface area contributed by atoms with E-state index >= 15 is 0 Å². The van der Waals surface area contributed by atoms with Gasteiger partial charge in [0.25, 0.3) is 0 Å². The van der Waals surface area contributed by atoms with E-state index in [1.165, 1.54) is 34.4 Å². The minimum atomic E-state index is -0.927. The third-order valence-electron chi connectivity index (χ3n) is 5.08. The molecular formula is C25H24F3N3O2S. The Morgan fingerprint density at radius 3 is 2.32 bits per heavy atom. The van der Waals surface area contributed by atoms with Crippen molar-refractivity contribution in [3.63, 3.8) is 0 Å². The number of anilines is 1. The van der Waals surface area contributed by atoms with Crippen molar-refractivity contribution in [2.24, 2.45) is 0 Å². The molecule has 1 N–H and O–H groups in total. The summed E-state index contributed by atoms with van der Waals surface area (Å²) in [7, 11) is 0. The van der Waals surface area contributed by atoms with E-state index in [2.05, 4.69) is 11.9 Å². The molecule has 0 saturated carbocycles. The van der Waals surface area contributed by atoms with Crippen LogP contribution in [0.5, 0.6) is 0 Å². The van der Waals surface area contributed by atoms with E-state index in [1.54, 1.807) is 17.0 Å². The molecule has 0 bridgehead atoms. The molecule has 0 spiro atoms. The van der Waals surface area contributed by atoms with Crippen LogP contribution in [-0.2, 0) is 17.9 Å². The van der Waals surface area contributed by atoms with Crippen molar-refractivity contribution in [3.05, 3.63) is 100 Å². The first-order chi connectivity index (χ1) is 16.3. The summed E-state index contributed by atoms with van der Waals surface area (Å²) in [5.74, 6) is -2.43. The fourth-order valence-corrected chi connectivity index (χ4v) is 4.13. The van der Waals surface area contributed by atoms with Gasteiger partial charge >= 0.3 is 6.03 Å². The summed E-state index contributed by atoms with van der Waals surface area (Å²) in [6, 6.07) is 9.86. The van der Waals surface area contributed by atoms with Crippen molar-refractivity contribution < 1.29 is 22.8 Å². The molecule has 5 nitrogen and oxygen atoms in total. The first kappa shape index (κ1) is 25.0. The van der Waals surface area contributed by atoms with E-state index in [4.69, 9.17) is 0 Å². The molecule has 3 amide bonds. The van der Waals surface area contributed by atoms with Gasteiger partial charge in [-0.05, 0) is 53.8 Å². The van der Waals surface area contributed by atoms with Crippen LogP contribution in [0.3, 0.4) is 0 Å². The van der Waals surface area contributed by atoms with Crippen LogP contribution >= 0.6 is 11.3 Å². The number of amides is 3. The molecule has 178 valence electrons. The number of carbonyl (C=O) groups excluding carboxylic acids is 2. The predicted molar refractivity (Wildman–Crippen MR) is 127 cm³/mol. The third-order valence-corrected chi connectivity index (χ3v) is 6.09. The topological polar surface area (TPSA) is 52.7 Å². The van der Waals surface area contributed by atoms with Crippen molar-refractivity contribution in [1.82, 2.24) is 9.80 Å². The number of nitrogens with one attached hydrogen (secondary N) is 1. The highest BCUT2D eigenvalue weighted by molar-refractivity contribution is 7.10. The molecule has 9 heteroatoms. The van der Waals surface area contributed by atoms with Gasteiger partial charge in [-0.1, -0.05) is 18.2 Å². The normalized spacial score (nSPS) is 10.6. The lowest BCUT2D eigenvalue weighted by atomic mass is 10.2. The summed E-state index contributed by atoms with van der Waals surface area (Å²) in [5.41, 5.74) is 1.57. The van der Waals surface area contributed by atoms with Gasteiger partial charge in [0, 0.05) is 24.0 Å². The second-order valence-corrected chi connectivity index (χ2v) is 8.63. The molecular weight excluding hydrogens is 463 g/mol. The number of thiophene rings is 1. The van der Waals surface area contributed by atoms with Crippen LogP contribution in [0.1, 0.15) is 16.0 Å². The molecule has 3 rings (SSSR count). The zero-order chi connectivity index (χ0) is 24.7. The van der Waals surface area contributed by atoms with Gasteiger partial charge in [-0.25, -0.2) is 18.0 Å². The number of nitrogens with zero attached hydrogens (tertiary/aromatic N) is 2. The van der Waals surface area contributed by atoms with E-state index in [9.17, 15) is 22.8 Å². The van der Waals surface area contributed by atoms with Gasteiger partial charge in [0.2, 0.25) is 5.91 Å². The van der Waals surface area contributed by atoms with Gasteiger partial charge in [-0.2, -0.15) is 0 Å². The maximum Gasteiger partial charge on any atom is 0.322 e. The first-order valence-corrected chi connectivity index (χ1v) is 11.3. The van der Waals surface area contributed by atoms with Crippen LogP contribution in [0, 0.1) is 24.4 Å². The highest BCUT2D eigenvalue weighted by Gasteiger charge is 2.23. The Labute approximate surface area is 200 Å². The summed E-state index contributed by atoms with van der Waals surface area (Å²) >= 11 is 1.51. The zero-order valence-electron chi connectivity index (χ0n) is 18.6. The van der Waals surface area contributed by atoms with Crippen LogP contribution in [0.15, 0.2) is 66.6 Å². The summed E-state index contributed by atoms with van der Waals surface area (Å²) in [5, 5.41) is 4.29. The summed E-state index contributed by atoms with van der Waals surface area (Å²) in [6.07, 6.45) is 1.45. The van der Waals surface area contributed by atoms with Gasteiger partial charge in [-0.3, -0.25) is 4.79 Å². The summed E-state index contributed by atoms with van der Waals surface area (Å²) < 4.78 is 40.5. The van der Waals surface area contributed by atoms with Crippen molar-refractivity contribution in [2.45, 2.75) is 20.0 Å². The first-order valence-electron chi connectivity index (χ1n) is 10.4. The maximum atomic E-state index is 14.0. The van der Waals surface area contributed by atoms with Crippen LogP contribution in [0.2, 0.25) is 0 Å². The van der Waals surface area contributed by atoms with Gasteiger partial charge in [0.05, 0.1) is 12.2 Å². The lowest BCUT2D eigenvalue weighted by Crippen LogP contribution is -2.44. The lowest BCUT2D eigenvalue weighted by molar-refractivity contribution is -0.132. The van der Waals surface area contributed by atoms with E-state index in [0.29, 0.717) is 12.6 Å². The SMILES string of the molecule is C=CCN(CC(=O)N(Cc1ccc(F)cc1)Cc1sccc1C)C(=O)Nc1ccc(F)cc1F. The molecule has 34 heavy (non-hydrogen) atoms. The number of halogens is 3. The molecule has 1 heterocycles. The molecule has 0 radical (unpaired) electrons. The average molecular weight is 488 g/mol. The van der Waals surface area contributed by atoms with E-state index < -0.39 is 17.7 Å². The average Bonchev–Trinajstić information content (AvgIpc) is 3.20. The van der Waals surface area contributed by atoms with E-state index in [-0.39, 0.29) is 37.0 Å². The predicted octanol–water partition coefficient (Wildman–Crippen LogP) is 5.72. The summed E-state index contributed by atoms with van der Waals surface area (Å²) in [6.45, 7) is 5.82. The van der Waals surface area contributed by atoms with E-state index in [0.717, 1.165) is 28.1 Å². The van der Waals surface area contributed by atoms with Crippen molar-refractivity contribution in [1.29, 1.82) is 0 Å². The number of aryl methyl sites for hydroxylation is 1. The standard InChI is InChI=1S/C25H24F3N3O2S/c1-3-11-30(25(33)29-22-9-8-20(27)13-21(22)28)16-24(32)31(15-23-17(2)10-12-34-23)14-18-4-6-19(26)7-5-18/h3-10,12-13H,1,11,14-16H2,2H3,(H,29,33). The summed E-state index contributed by atoms with van der Waals surface area (Å²) in [4.78, 5) is 29.8. The highest BCUT2D eigenvalue weighted by Crippen LogP contribution is 2.20. The lowest BCUT2D eigenvalue weighted by Gasteiger charge is -2.27. The molecule has 0 unspecified atom stereocenters. The van der Waals surface area contributed by atoms with Crippen molar-refractivity contribution in [3.8, 4) is 0 Å². The fourth-order valence-electron chi connectivity index (χ4n) is 3.21. The Bertz CT molecular complexity index is 1160. The Hall–Kier alpha value is -3.59. The molecule has 3 aromatic rings. The fraction of sp³-hybridized carbons (Fsp3) is 0.200. The van der Waals surface area contributed by atoms with Gasteiger partial charge in [-0.15, -0.1) is 17.9 Å². The molecule has 0 saturated heterocycles. The largest absolute Gasteiger partial charge is 0.332 e. The number of hydrogen-bond donors (Lipinski definition) is 1. The van der Waals surface area contributed by atoms with Gasteiger partial charge in [0.1, 0.15) is 24.0 Å². The van der Waals surface area contributed by atoms with Crippen LogP contribution < -0.4 is 5.32 Å². The zero-order valence-corrected chi connectivity index (χ0v) is 19.4. The Morgan fingerprint density at radius 2 is 1.71 bits per heavy atom. The minimum Gasteiger partial charge on any atom is -0.332 e. The maximum absolute atomic E-state index is 14.0. The molecule has 2 aromatic carbocycles.